The Balaban J connectivity index is 2.70. The Labute approximate surface area is 117 Å². The fraction of sp³-hybridized carbons (Fsp3) is 0.625. The van der Waals surface area contributed by atoms with E-state index in [0.717, 1.165) is 18.2 Å². The Morgan fingerprint density at radius 2 is 1.67 bits per heavy atom. The Kier molecular flexibility index (Phi) is 6.80. The van der Waals surface area contributed by atoms with Crippen molar-refractivity contribution in [2.75, 3.05) is 18.1 Å². The zero-order valence-corrected chi connectivity index (χ0v) is 13.2. The predicted octanol–water partition coefficient (Wildman–Crippen LogP) is 4.34. The molecule has 0 amide bonds. The lowest BCUT2D eigenvalue weighted by molar-refractivity contribution is 0.604. The van der Waals surface area contributed by atoms with E-state index < -0.39 is 0 Å². The van der Waals surface area contributed by atoms with Gasteiger partial charge in [-0.2, -0.15) is 11.8 Å². The molecule has 0 aliphatic heterocycles. The van der Waals surface area contributed by atoms with Gasteiger partial charge in [0, 0.05) is 11.8 Å². The molecule has 1 atom stereocenters. The molecule has 0 fully saturated rings. The van der Waals surface area contributed by atoms with Gasteiger partial charge in [-0.15, -0.1) is 0 Å². The Bertz CT molecular complexity index is 340. The number of hydrogen-bond acceptors (Lipinski definition) is 2. The van der Waals surface area contributed by atoms with Gasteiger partial charge in [-0.3, -0.25) is 0 Å². The SMILES string of the molecule is CCNC(CSCC(C)C)c1cc(C)cc(C)c1. The third-order valence-corrected chi connectivity index (χ3v) is 4.30. The van der Waals surface area contributed by atoms with Crippen LogP contribution in [0, 0.1) is 19.8 Å². The fourth-order valence-electron chi connectivity index (χ4n) is 2.15. The van der Waals surface area contributed by atoms with Crippen LogP contribution in [0.1, 0.15) is 43.5 Å². The van der Waals surface area contributed by atoms with Crippen molar-refractivity contribution in [3.8, 4) is 0 Å². The van der Waals surface area contributed by atoms with E-state index in [1.54, 1.807) is 0 Å². The molecule has 0 aliphatic carbocycles. The van der Waals surface area contributed by atoms with Crippen LogP contribution in [0.15, 0.2) is 18.2 Å². The number of benzene rings is 1. The Hall–Kier alpha value is -0.470. The lowest BCUT2D eigenvalue weighted by Crippen LogP contribution is -2.23. The maximum atomic E-state index is 3.61. The van der Waals surface area contributed by atoms with Crippen molar-refractivity contribution < 1.29 is 0 Å². The molecule has 1 N–H and O–H groups in total. The largest absolute Gasteiger partial charge is 0.310 e. The number of rotatable bonds is 7. The zero-order valence-electron chi connectivity index (χ0n) is 12.4. The van der Waals surface area contributed by atoms with E-state index >= 15 is 0 Å². The summed E-state index contributed by atoms with van der Waals surface area (Å²) in [5.41, 5.74) is 4.16. The Morgan fingerprint density at radius 3 is 2.17 bits per heavy atom. The summed E-state index contributed by atoms with van der Waals surface area (Å²) in [5, 5.41) is 3.61. The molecule has 2 heteroatoms. The summed E-state index contributed by atoms with van der Waals surface area (Å²) in [6.07, 6.45) is 0. The van der Waals surface area contributed by atoms with E-state index in [0.29, 0.717) is 6.04 Å². The van der Waals surface area contributed by atoms with Crippen LogP contribution in [-0.2, 0) is 0 Å². The van der Waals surface area contributed by atoms with E-state index in [4.69, 9.17) is 0 Å². The van der Waals surface area contributed by atoms with Crippen molar-refractivity contribution in [2.45, 2.75) is 40.7 Å². The van der Waals surface area contributed by atoms with Crippen molar-refractivity contribution in [2.24, 2.45) is 5.92 Å². The molecule has 0 aromatic heterocycles. The lowest BCUT2D eigenvalue weighted by atomic mass is 10.0. The quantitative estimate of drug-likeness (QED) is 0.787. The zero-order chi connectivity index (χ0) is 13.5. The van der Waals surface area contributed by atoms with Crippen molar-refractivity contribution >= 4 is 11.8 Å². The summed E-state index contributed by atoms with van der Waals surface area (Å²) in [5.74, 6) is 3.18. The molecule has 0 saturated heterocycles. The van der Waals surface area contributed by atoms with Crippen LogP contribution in [0.5, 0.6) is 0 Å². The van der Waals surface area contributed by atoms with Crippen LogP contribution in [0.3, 0.4) is 0 Å². The smallest absolute Gasteiger partial charge is 0.0411 e. The van der Waals surface area contributed by atoms with E-state index in [-0.39, 0.29) is 0 Å². The van der Waals surface area contributed by atoms with Crippen molar-refractivity contribution in [3.63, 3.8) is 0 Å². The highest BCUT2D eigenvalue weighted by Crippen LogP contribution is 2.22. The van der Waals surface area contributed by atoms with Crippen molar-refractivity contribution in [3.05, 3.63) is 34.9 Å². The van der Waals surface area contributed by atoms with Crippen LogP contribution in [0.4, 0.5) is 0 Å². The highest BCUT2D eigenvalue weighted by Gasteiger charge is 2.11. The van der Waals surface area contributed by atoms with Gasteiger partial charge in [0.25, 0.3) is 0 Å². The van der Waals surface area contributed by atoms with Crippen LogP contribution in [0.25, 0.3) is 0 Å². The maximum Gasteiger partial charge on any atom is 0.0411 e. The standard InChI is InChI=1S/C16H27NS/c1-6-17-16(11-18-10-12(2)3)15-8-13(4)7-14(5)9-15/h7-9,12,16-17H,6,10-11H2,1-5H3. The van der Waals surface area contributed by atoms with Crippen LogP contribution in [-0.4, -0.2) is 18.1 Å². The second kappa shape index (κ2) is 7.85. The Morgan fingerprint density at radius 1 is 1.06 bits per heavy atom. The molecule has 1 nitrogen and oxygen atoms in total. The van der Waals surface area contributed by atoms with Crippen molar-refractivity contribution in [1.29, 1.82) is 0 Å². The van der Waals surface area contributed by atoms with Gasteiger partial charge in [-0.25, -0.2) is 0 Å². The molecular weight excluding hydrogens is 238 g/mol. The third-order valence-electron chi connectivity index (χ3n) is 2.83. The molecule has 0 aliphatic rings. The van der Waals surface area contributed by atoms with Gasteiger partial charge in [0.2, 0.25) is 0 Å². The van der Waals surface area contributed by atoms with E-state index in [2.05, 4.69) is 69.9 Å². The van der Waals surface area contributed by atoms with Gasteiger partial charge in [0.15, 0.2) is 0 Å². The fourth-order valence-corrected chi connectivity index (χ4v) is 3.31. The third kappa shape index (κ3) is 5.45. The number of aryl methyl sites for hydroxylation is 2. The second-order valence-corrected chi connectivity index (χ2v) is 6.54. The first-order valence-electron chi connectivity index (χ1n) is 6.92. The predicted molar refractivity (Wildman–Crippen MR) is 84.5 cm³/mol. The highest BCUT2D eigenvalue weighted by molar-refractivity contribution is 7.99. The van der Waals surface area contributed by atoms with Gasteiger partial charge in [0.05, 0.1) is 0 Å². The summed E-state index contributed by atoms with van der Waals surface area (Å²) >= 11 is 2.05. The van der Waals surface area contributed by atoms with Crippen LogP contribution < -0.4 is 5.32 Å². The minimum atomic E-state index is 0.484. The summed E-state index contributed by atoms with van der Waals surface area (Å²) < 4.78 is 0. The van der Waals surface area contributed by atoms with E-state index in [1.807, 2.05) is 0 Å². The summed E-state index contributed by atoms with van der Waals surface area (Å²) in [7, 11) is 0. The van der Waals surface area contributed by atoms with Gasteiger partial charge < -0.3 is 5.32 Å². The molecule has 18 heavy (non-hydrogen) atoms. The normalized spacial score (nSPS) is 13.0. The highest BCUT2D eigenvalue weighted by atomic mass is 32.2. The van der Waals surface area contributed by atoms with E-state index in [1.165, 1.54) is 22.4 Å². The molecule has 102 valence electrons. The molecule has 0 bridgehead atoms. The summed E-state index contributed by atoms with van der Waals surface area (Å²) in [6.45, 7) is 12.1. The second-order valence-electron chi connectivity index (χ2n) is 5.46. The van der Waals surface area contributed by atoms with Gasteiger partial charge >= 0.3 is 0 Å². The summed E-state index contributed by atoms with van der Waals surface area (Å²) in [6, 6.07) is 7.36. The summed E-state index contributed by atoms with van der Waals surface area (Å²) in [4.78, 5) is 0. The number of nitrogens with one attached hydrogen (secondary N) is 1. The first-order chi connectivity index (χ1) is 8.52. The minimum absolute atomic E-state index is 0.484. The molecule has 0 radical (unpaired) electrons. The minimum Gasteiger partial charge on any atom is -0.310 e. The average molecular weight is 265 g/mol. The molecule has 1 rings (SSSR count). The van der Waals surface area contributed by atoms with Gasteiger partial charge in [-0.05, 0) is 37.6 Å². The molecule has 1 aromatic rings. The topological polar surface area (TPSA) is 12.0 Å². The monoisotopic (exact) mass is 265 g/mol. The average Bonchev–Trinajstić information content (AvgIpc) is 2.26. The molecule has 0 saturated carbocycles. The van der Waals surface area contributed by atoms with Gasteiger partial charge in [-0.1, -0.05) is 50.1 Å². The van der Waals surface area contributed by atoms with Crippen molar-refractivity contribution in [1.82, 2.24) is 5.32 Å². The molecule has 1 unspecified atom stereocenters. The van der Waals surface area contributed by atoms with Crippen LogP contribution in [0.2, 0.25) is 0 Å². The molecule has 0 heterocycles. The van der Waals surface area contributed by atoms with Crippen LogP contribution >= 0.6 is 11.8 Å². The number of thioether (sulfide) groups is 1. The molecular formula is C16H27NS. The lowest BCUT2D eigenvalue weighted by Gasteiger charge is -2.19. The first kappa shape index (κ1) is 15.6. The maximum absolute atomic E-state index is 3.61. The molecule has 1 aromatic carbocycles. The number of hydrogen-bond donors (Lipinski definition) is 1. The van der Waals surface area contributed by atoms with E-state index in [9.17, 15) is 0 Å². The first-order valence-corrected chi connectivity index (χ1v) is 8.07. The molecule has 0 spiro atoms. The van der Waals surface area contributed by atoms with Gasteiger partial charge in [0.1, 0.15) is 0 Å².